The summed E-state index contributed by atoms with van der Waals surface area (Å²) >= 11 is 1.37. The second-order valence-electron chi connectivity index (χ2n) is 4.51. The average Bonchev–Trinajstić information content (AvgIpc) is 2.76. The van der Waals surface area contributed by atoms with Crippen LogP contribution in [0, 0.1) is 0 Å². The van der Waals surface area contributed by atoms with Gasteiger partial charge >= 0.3 is 0 Å². The van der Waals surface area contributed by atoms with E-state index in [0.717, 1.165) is 5.01 Å². The summed E-state index contributed by atoms with van der Waals surface area (Å²) in [6, 6.07) is -0.159. The van der Waals surface area contributed by atoms with Crippen molar-refractivity contribution >= 4 is 27.3 Å². The van der Waals surface area contributed by atoms with Gasteiger partial charge in [0.05, 0.1) is 10.8 Å². The van der Waals surface area contributed by atoms with E-state index in [2.05, 4.69) is 15.0 Å². The van der Waals surface area contributed by atoms with Crippen LogP contribution >= 0.6 is 11.3 Å². The Morgan fingerprint density at radius 1 is 1.50 bits per heavy atom. The van der Waals surface area contributed by atoms with Gasteiger partial charge in [-0.2, -0.15) is 0 Å². The molecule has 0 fully saturated rings. The molecule has 20 heavy (non-hydrogen) atoms. The molecule has 114 valence electrons. The number of nitrogens with zero attached hydrogens (tertiary/aromatic N) is 1. The first-order chi connectivity index (χ1) is 9.34. The van der Waals surface area contributed by atoms with Crippen LogP contribution in [0.25, 0.3) is 0 Å². The van der Waals surface area contributed by atoms with Crippen molar-refractivity contribution in [3.05, 3.63) is 16.1 Å². The second kappa shape index (κ2) is 7.67. The van der Waals surface area contributed by atoms with Crippen LogP contribution < -0.4 is 15.8 Å². The summed E-state index contributed by atoms with van der Waals surface area (Å²) in [5.74, 6) is -0.527. The molecule has 0 bridgehead atoms. The third kappa shape index (κ3) is 5.95. The molecule has 7 nitrogen and oxygen atoms in total. The molecule has 0 aliphatic rings. The van der Waals surface area contributed by atoms with Crippen LogP contribution in [-0.4, -0.2) is 44.2 Å². The minimum absolute atomic E-state index is 0.0463. The fourth-order valence-corrected chi connectivity index (χ4v) is 3.46. The smallest absolute Gasteiger partial charge is 0.270 e. The lowest BCUT2D eigenvalue weighted by Crippen LogP contribution is -2.37. The molecule has 1 aromatic rings. The van der Waals surface area contributed by atoms with Gasteiger partial charge in [0.2, 0.25) is 10.0 Å². The number of nitrogens with one attached hydrogen (secondary N) is 2. The van der Waals surface area contributed by atoms with Gasteiger partial charge < -0.3 is 11.1 Å². The molecule has 0 atom stereocenters. The van der Waals surface area contributed by atoms with Crippen LogP contribution in [0.1, 0.15) is 29.3 Å². The first-order valence-electron chi connectivity index (χ1n) is 6.26. The molecule has 0 aromatic carbocycles. The van der Waals surface area contributed by atoms with Crippen LogP contribution in [0.4, 0.5) is 0 Å². The molecule has 1 aromatic heterocycles. The number of carbonyl (C=O) groups excluding carboxylic acids is 1. The fourth-order valence-electron chi connectivity index (χ4n) is 1.46. The van der Waals surface area contributed by atoms with Crippen molar-refractivity contribution in [3.8, 4) is 0 Å². The Hall–Kier alpha value is -1.03. The summed E-state index contributed by atoms with van der Waals surface area (Å²) in [4.78, 5) is 15.9. The van der Waals surface area contributed by atoms with E-state index in [1.165, 1.54) is 11.3 Å². The molecule has 9 heteroatoms. The maximum atomic E-state index is 11.8. The van der Waals surface area contributed by atoms with E-state index in [1.54, 1.807) is 19.2 Å². The van der Waals surface area contributed by atoms with Crippen LogP contribution in [-0.2, 0) is 16.4 Å². The summed E-state index contributed by atoms with van der Waals surface area (Å²) < 4.78 is 25.6. The fraction of sp³-hybridized carbons (Fsp3) is 0.636. The molecule has 0 aliphatic heterocycles. The molecule has 0 spiro atoms. The SMILES string of the molecule is CC(C)NS(=O)(=O)CCNC(=O)c1csc(CCN)n1. The molecule has 4 N–H and O–H groups in total. The first-order valence-corrected chi connectivity index (χ1v) is 8.80. The highest BCUT2D eigenvalue weighted by molar-refractivity contribution is 7.89. The molecule has 0 saturated heterocycles. The number of sulfonamides is 1. The van der Waals surface area contributed by atoms with Gasteiger partial charge in [0.1, 0.15) is 5.69 Å². The quantitative estimate of drug-likeness (QED) is 0.608. The van der Waals surface area contributed by atoms with Gasteiger partial charge in [-0.3, -0.25) is 4.79 Å². The van der Waals surface area contributed by atoms with Crippen LogP contribution in [0.5, 0.6) is 0 Å². The maximum Gasteiger partial charge on any atom is 0.270 e. The largest absolute Gasteiger partial charge is 0.350 e. The van der Waals surface area contributed by atoms with Gasteiger partial charge in [0, 0.05) is 24.4 Å². The third-order valence-corrected chi connectivity index (χ3v) is 4.69. The van der Waals surface area contributed by atoms with Crippen molar-refractivity contribution in [2.75, 3.05) is 18.8 Å². The minimum Gasteiger partial charge on any atom is -0.350 e. The molecule has 0 radical (unpaired) electrons. The van der Waals surface area contributed by atoms with E-state index < -0.39 is 10.0 Å². The molecule has 1 rings (SSSR count). The number of carbonyl (C=O) groups is 1. The maximum absolute atomic E-state index is 11.8. The van der Waals surface area contributed by atoms with E-state index in [-0.39, 0.29) is 24.2 Å². The number of hydrogen-bond donors (Lipinski definition) is 3. The highest BCUT2D eigenvalue weighted by Gasteiger charge is 2.14. The Kier molecular flexibility index (Phi) is 6.53. The van der Waals surface area contributed by atoms with Crippen LogP contribution in [0.15, 0.2) is 5.38 Å². The highest BCUT2D eigenvalue weighted by atomic mass is 32.2. The summed E-state index contributed by atoms with van der Waals surface area (Å²) in [5, 5.41) is 4.98. The van der Waals surface area contributed by atoms with Crippen LogP contribution in [0.3, 0.4) is 0 Å². The monoisotopic (exact) mass is 320 g/mol. The van der Waals surface area contributed by atoms with Gasteiger partial charge in [0.15, 0.2) is 0 Å². The number of amides is 1. The number of hydrogen-bond acceptors (Lipinski definition) is 6. The number of thiazole rings is 1. The lowest BCUT2D eigenvalue weighted by Gasteiger charge is -2.09. The molecule has 0 saturated carbocycles. The summed E-state index contributed by atoms with van der Waals surface area (Å²) in [5.41, 5.74) is 5.70. The van der Waals surface area contributed by atoms with E-state index in [9.17, 15) is 13.2 Å². The standard InChI is InChI=1S/C11H20N4O3S2/c1-8(2)15-20(17,18)6-5-13-11(16)9-7-19-10(14-9)3-4-12/h7-8,15H,3-6,12H2,1-2H3,(H,13,16). The summed E-state index contributed by atoms with van der Waals surface area (Å²) in [6.07, 6.45) is 0.630. The Morgan fingerprint density at radius 3 is 2.80 bits per heavy atom. The predicted octanol–water partition coefficient (Wildman–Crippen LogP) is -0.298. The van der Waals surface area contributed by atoms with E-state index in [1.807, 2.05) is 0 Å². The topological polar surface area (TPSA) is 114 Å². The van der Waals surface area contributed by atoms with Crippen molar-refractivity contribution in [1.29, 1.82) is 0 Å². The Bertz CT molecular complexity index is 540. The molecule has 0 unspecified atom stereocenters. The lowest BCUT2D eigenvalue weighted by molar-refractivity contribution is 0.0951. The van der Waals surface area contributed by atoms with Crippen molar-refractivity contribution in [2.24, 2.45) is 5.73 Å². The van der Waals surface area contributed by atoms with Crippen molar-refractivity contribution in [1.82, 2.24) is 15.0 Å². The minimum atomic E-state index is -3.36. The normalized spacial score (nSPS) is 11.8. The number of aromatic nitrogens is 1. The van der Waals surface area contributed by atoms with Gasteiger partial charge in [-0.15, -0.1) is 11.3 Å². The summed E-state index contributed by atoms with van der Waals surface area (Å²) in [6.45, 7) is 4.01. The summed E-state index contributed by atoms with van der Waals surface area (Å²) in [7, 11) is -3.36. The van der Waals surface area contributed by atoms with E-state index >= 15 is 0 Å². The van der Waals surface area contributed by atoms with E-state index in [4.69, 9.17) is 5.73 Å². The number of nitrogens with two attached hydrogens (primary N) is 1. The van der Waals surface area contributed by atoms with Gasteiger partial charge in [-0.1, -0.05) is 0 Å². The van der Waals surface area contributed by atoms with Crippen molar-refractivity contribution in [2.45, 2.75) is 26.3 Å². The Balaban J connectivity index is 2.43. The highest BCUT2D eigenvalue weighted by Crippen LogP contribution is 2.09. The van der Waals surface area contributed by atoms with Gasteiger partial charge in [0.25, 0.3) is 5.91 Å². The molecular formula is C11H20N4O3S2. The Morgan fingerprint density at radius 2 is 2.20 bits per heavy atom. The molecule has 1 heterocycles. The zero-order valence-corrected chi connectivity index (χ0v) is 13.2. The second-order valence-corrected chi connectivity index (χ2v) is 7.33. The Labute approximate surface area is 123 Å². The van der Waals surface area contributed by atoms with Gasteiger partial charge in [-0.05, 0) is 20.4 Å². The average molecular weight is 320 g/mol. The zero-order chi connectivity index (χ0) is 15.2. The lowest BCUT2D eigenvalue weighted by atomic mass is 10.4. The van der Waals surface area contributed by atoms with Crippen molar-refractivity contribution < 1.29 is 13.2 Å². The molecule has 0 aliphatic carbocycles. The third-order valence-electron chi connectivity index (χ3n) is 2.21. The first kappa shape index (κ1) is 17.0. The molecular weight excluding hydrogens is 300 g/mol. The predicted molar refractivity (Wildman–Crippen MR) is 79.3 cm³/mol. The molecule has 1 amide bonds. The van der Waals surface area contributed by atoms with Gasteiger partial charge in [-0.25, -0.2) is 18.1 Å². The number of rotatable bonds is 8. The zero-order valence-electron chi connectivity index (χ0n) is 11.5. The van der Waals surface area contributed by atoms with Crippen molar-refractivity contribution in [3.63, 3.8) is 0 Å². The van der Waals surface area contributed by atoms with E-state index in [0.29, 0.717) is 18.7 Å². The van der Waals surface area contributed by atoms with Crippen LogP contribution in [0.2, 0.25) is 0 Å².